The maximum absolute atomic E-state index is 5.55. The Kier molecular flexibility index (Phi) is 2.93. The summed E-state index contributed by atoms with van der Waals surface area (Å²) in [4.78, 5) is 3.63. The Hall–Kier alpha value is -2.26. The van der Waals surface area contributed by atoms with Crippen molar-refractivity contribution in [3.8, 4) is 5.75 Å². The van der Waals surface area contributed by atoms with E-state index in [1.807, 2.05) is 12.1 Å². The minimum atomic E-state index is 0.289. The Balaban J connectivity index is 1.90. The van der Waals surface area contributed by atoms with Crippen molar-refractivity contribution < 1.29 is 10.1 Å². The average molecular weight is 279 g/mol. The zero-order chi connectivity index (χ0) is 14.2. The van der Waals surface area contributed by atoms with E-state index in [0.29, 0.717) is 0 Å². The number of aromatic nitrogens is 1. The molecule has 0 unspecified atom stereocenters. The average Bonchev–Trinajstić information content (AvgIpc) is 2.93. The van der Waals surface area contributed by atoms with E-state index < -0.39 is 0 Å². The van der Waals surface area contributed by atoms with Crippen LogP contribution in [0, 0.1) is 0 Å². The smallest absolute Gasteiger partial charge is 0.156 e. The van der Waals surface area contributed by atoms with Gasteiger partial charge in [-0.25, -0.2) is 0 Å². The van der Waals surface area contributed by atoms with Crippen LogP contribution in [0.5, 0.6) is 5.75 Å². The largest absolute Gasteiger partial charge is 0.496 e. The number of benzene rings is 2. The van der Waals surface area contributed by atoms with Crippen molar-refractivity contribution in [1.29, 1.82) is 0 Å². The lowest BCUT2D eigenvalue weighted by Crippen LogP contribution is -2.87. The van der Waals surface area contributed by atoms with E-state index in [0.717, 1.165) is 18.7 Å². The van der Waals surface area contributed by atoms with Gasteiger partial charge in [0.05, 0.1) is 24.9 Å². The summed E-state index contributed by atoms with van der Waals surface area (Å²) >= 11 is 0. The Labute approximate surface area is 123 Å². The molecule has 106 valence electrons. The molecule has 0 radical (unpaired) electrons. The van der Waals surface area contributed by atoms with Gasteiger partial charge in [0.2, 0.25) is 0 Å². The minimum absolute atomic E-state index is 0.289. The van der Waals surface area contributed by atoms with Gasteiger partial charge in [0.1, 0.15) is 5.75 Å². The summed E-state index contributed by atoms with van der Waals surface area (Å²) < 4.78 is 5.55. The van der Waals surface area contributed by atoms with Gasteiger partial charge in [0.15, 0.2) is 6.04 Å². The summed E-state index contributed by atoms with van der Waals surface area (Å²) in [5.41, 5.74) is 5.26. The lowest BCUT2D eigenvalue weighted by molar-refractivity contribution is -0.690. The van der Waals surface area contributed by atoms with Crippen LogP contribution in [0.2, 0.25) is 0 Å². The molecule has 2 heterocycles. The zero-order valence-electron chi connectivity index (χ0n) is 12.1. The van der Waals surface area contributed by atoms with Gasteiger partial charge in [0.25, 0.3) is 0 Å². The van der Waals surface area contributed by atoms with Crippen LogP contribution in [0.3, 0.4) is 0 Å². The molecule has 2 aromatic carbocycles. The molecule has 1 aliphatic rings. The van der Waals surface area contributed by atoms with E-state index in [-0.39, 0.29) is 6.04 Å². The maximum atomic E-state index is 5.55. The van der Waals surface area contributed by atoms with Gasteiger partial charge < -0.3 is 15.0 Å². The van der Waals surface area contributed by atoms with E-state index in [1.165, 1.54) is 27.7 Å². The summed E-state index contributed by atoms with van der Waals surface area (Å²) in [5.74, 6) is 0.963. The third-order valence-electron chi connectivity index (χ3n) is 4.43. The molecule has 3 aromatic rings. The number of aromatic amines is 1. The lowest BCUT2D eigenvalue weighted by Gasteiger charge is -2.23. The SMILES string of the molecule is COc1ccccc1[C@@H]1[NH2+]CCc2c1[nH]c1ccccc21. The summed E-state index contributed by atoms with van der Waals surface area (Å²) in [5, 5.41) is 3.76. The topological polar surface area (TPSA) is 41.6 Å². The quantitative estimate of drug-likeness (QED) is 0.743. The zero-order valence-corrected chi connectivity index (χ0v) is 12.1. The monoisotopic (exact) mass is 279 g/mol. The molecule has 1 aliphatic heterocycles. The number of para-hydroxylation sites is 2. The normalized spacial score (nSPS) is 17.7. The van der Waals surface area contributed by atoms with Crippen molar-refractivity contribution >= 4 is 10.9 Å². The fraction of sp³-hybridized carbons (Fsp3) is 0.222. The summed E-state index contributed by atoms with van der Waals surface area (Å²) in [7, 11) is 1.74. The molecule has 3 nitrogen and oxygen atoms in total. The standard InChI is InChI=1S/C18H18N2O/c1-21-16-9-5-3-7-14(16)17-18-13(10-11-19-17)12-6-2-4-8-15(12)20-18/h2-9,17,19-20H,10-11H2,1H3/p+1/t17-/m0/s1. The summed E-state index contributed by atoms with van der Waals surface area (Å²) in [6, 6.07) is 17.2. The molecular formula is C18H19N2O+. The number of rotatable bonds is 2. The van der Waals surface area contributed by atoms with Crippen LogP contribution < -0.4 is 10.1 Å². The first kappa shape index (κ1) is 12.5. The van der Waals surface area contributed by atoms with E-state index in [9.17, 15) is 0 Å². The molecular weight excluding hydrogens is 260 g/mol. The third kappa shape index (κ3) is 1.93. The van der Waals surface area contributed by atoms with Gasteiger partial charge >= 0.3 is 0 Å². The number of H-pyrrole nitrogens is 1. The van der Waals surface area contributed by atoms with Crippen LogP contribution >= 0.6 is 0 Å². The van der Waals surface area contributed by atoms with Crippen LogP contribution in [0.15, 0.2) is 48.5 Å². The lowest BCUT2D eigenvalue weighted by atomic mass is 9.94. The first-order valence-corrected chi connectivity index (χ1v) is 7.44. The van der Waals surface area contributed by atoms with Crippen molar-refractivity contribution in [2.75, 3.05) is 13.7 Å². The van der Waals surface area contributed by atoms with Crippen molar-refractivity contribution in [2.45, 2.75) is 12.5 Å². The molecule has 3 N–H and O–H groups in total. The summed E-state index contributed by atoms with van der Waals surface area (Å²) in [6.07, 6.45) is 1.12. The molecule has 4 rings (SSSR count). The van der Waals surface area contributed by atoms with Crippen molar-refractivity contribution in [3.05, 3.63) is 65.4 Å². The first-order chi connectivity index (χ1) is 10.4. The highest BCUT2D eigenvalue weighted by molar-refractivity contribution is 5.85. The molecule has 0 saturated carbocycles. The second-order valence-corrected chi connectivity index (χ2v) is 5.56. The number of fused-ring (bicyclic) bond motifs is 3. The van der Waals surface area contributed by atoms with Gasteiger partial charge in [0, 0.05) is 17.3 Å². The van der Waals surface area contributed by atoms with Gasteiger partial charge in [-0.2, -0.15) is 0 Å². The molecule has 0 aliphatic carbocycles. The Morgan fingerprint density at radius 1 is 1.10 bits per heavy atom. The molecule has 0 saturated heterocycles. The van der Waals surface area contributed by atoms with Gasteiger partial charge in [-0.3, -0.25) is 0 Å². The van der Waals surface area contributed by atoms with Crippen LogP contribution in [0.25, 0.3) is 10.9 Å². The number of nitrogens with one attached hydrogen (secondary N) is 1. The molecule has 1 atom stereocenters. The predicted molar refractivity (Wildman–Crippen MR) is 83.6 cm³/mol. The van der Waals surface area contributed by atoms with E-state index in [1.54, 1.807) is 7.11 Å². The van der Waals surface area contributed by atoms with E-state index in [2.05, 4.69) is 46.7 Å². The Morgan fingerprint density at radius 3 is 2.81 bits per heavy atom. The molecule has 1 aromatic heterocycles. The number of ether oxygens (including phenoxy) is 1. The fourth-order valence-corrected chi connectivity index (χ4v) is 3.47. The van der Waals surface area contributed by atoms with Crippen molar-refractivity contribution in [2.24, 2.45) is 0 Å². The van der Waals surface area contributed by atoms with Crippen LogP contribution in [0.1, 0.15) is 22.9 Å². The van der Waals surface area contributed by atoms with Gasteiger partial charge in [-0.1, -0.05) is 30.3 Å². The fourth-order valence-electron chi connectivity index (χ4n) is 3.47. The molecule has 0 fully saturated rings. The highest BCUT2D eigenvalue weighted by atomic mass is 16.5. The molecule has 21 heavy (non-hydrogen) atoms. The highest BCUT2D eigenvalue weighted by Crippen LogP contribution is 2.33. The highest BCUT2D eigenvalue weighted by Gasteiger charge is 2.30. The number of hydrogen-bond acceptors (Lipinski definition) is 1. The van der Waals surface area contributed by atoms with Gasteiger partial charge in [-0.05, 0) is 23.8 Å². The van der Waals surface area contributed by atoms with Crippen molar-refractivity contribution in [3.63, 3.8) is 0 Å². The third-order valence-corrected chi connectivity index (χ3v) is 4.43. The van der Waals surface area contributed by atoms with Crippen LogP contribution in [-0.4, -0.2) is 18.6 Å². The van der Waals surface area contributed by atoms with Gasteiger partial charge in [-0.15, -0.1) is 0 Å². The van der Waals surface area contributed by atoms with Crippen molar-refractivity contribution in [1.82, 2.24) is 4.98 Å². The Bertz CT molecular complexity index is 791. The molecule has 0 amide bonds. The second-order valence-electron chi connectivity index (χ2n) is 5.56. The first-order valence-electron chi connectivity index (χ1n) is 7.44. The summed E-state index contributed by atoms with van der Waals surface area (Å²) in [6.45, 7) is 1.11. The Morgan fingerprint density at radius 2 is 1.90 bits per heavy atom. The number of methoxy groups -OCH3 is 1. The van der Waals surface area contributed by atoms with Crippen LogP contribution in [0.4, 0.5) is 0 Å². The number of hydrogen-bond donors (Lipinski definition) is 2. The second kappa shape index (κ2) is 4.93. The molecule has 0 bridgehead atoms. The molecule has 3 heteroatoms. The molecule has 0 spiro atoms. The minimum Gasteiger partial charge on any atom is -0.496 e. The number of nitrogens with two attached hydrogens (primary N) is 1. The predicted octanol–water partition coefficient (Wildman–Crippen LogP) is 2.39. The van der Waals surface area contributed by atoms with E-state index >= 15 is 0 Å². The number of quaternary nitrogens is 1. The van der Waals surface area contributed by atoms with E-state index in [4.69, 9.17) is 4.74 Å². The van der Waals surface area contributed by atoms with Crippen LogP contribution in [-0.2, 0) is 6.42 Å². The maximum Gasteiger partial charge on any atom is 0.156 e.